The Labute approximate surface area is 175 Å². The molecule has 2 aromatic carbocycles. The maximum Gasteiger partial charge on any atom is 0.341 e. The zero-order valence-corrected chi connectivity index (χ0v) is 16.7. The molecule has 0 saturated carbocycles. The van der Waals surface area contributed by atoms with Gasteiger partial charge < -0.3 is 19.1 Å². The van der Waals surface area contributed by atoms with Crippen molar-refractivity contribution in [2.75, 3.05) is 13.7 Å². The SMILES string of the molecule is COc1ccc(C(=O)c2cccn2CC/C=C/c2cccc(OCC(=O)O)c2)cc1. The van der Waals surface area contributed by atoms with Gasteiger partial charge in [0.15, 0.2) is 6.61 Å². The molecule has 0 aliphatic rings. The number of hydrogen-bond acceptors (Lipinski definition) is 4. The van der Waals surface area contributed by atoms with E-state index in [1.165, 1.54) is 0 Å². The van der Waals surface area contributed by atoms with E-state index in [-0.39, 0.29) is 12.4 Å². The van der Waals surface area contributed by atoms with Gasteiger partial charge in [0.2, 0.25) is 5.78 Å². The molecule has 3 rings (SSSR count). The molecule has 0 bridgehead atoms. The number of benzene rings is 2. The molecule has 0 radical (unpaired) electrons. The highest BCUT2D eigenvalue weighted by Gasteiger charge is 2.13. The number of allylic oxidation sites excluding steroid dienone is 1. The molecule has 0 aliphatic heterocycles. The lowest BCUT2D eigenvalue weighted by atomic mass is 10.1. The van der Waals surface area contributed by atoms with Crippen LogP contribution < -0.4 is 9.47 Å². The van der Waals surface area contributed by atoms with Crippen molar-refractivity contribution >= 4 is 17.8 Å². The van der Waals surface area contributed by atoms with Gasteiger partial charge in [0.1, 0.15) is 11.5 Å². The molecule has 1 aromatic heterocycles. The number of aliphatic carboxylic acids is 1. The number of aryl methyl sites for hydroxylation is 1. The fourth-order valence-electron chi connectivity index (χ4n) is 2.99. The third kappa shape index (κ3) is 5.61. The van der Waals surface area contributed by atoms with Gasteiger partial charge in [-0.05, 0) is 60.5 Å². The van der Waals surface area contributed by atoms with Crippen molar-refractivity contribution in [3.63, 3.8) is 0 Å². The van der Waals surface area contributed by atoms with Gasteiger partial charge in [0.05, 0.1) is 12.8 Å². The first-order valence-corrected chi connectivity index (χ1v) is 9.52. The number of rotatable bonds is 10. The number of nitrogens with zero attached hydrogens (tertiary/aromatic N) is 1. The summed E-state index contributed by atoms with van der Waals surface area (Å²) in [7, 11) is 1.59. The molecule has 0 atom stereocenters. The Hall–Kier alpha value is -3.80. The third-order valence-electron chi connectivity index (χ3n) is 4.48. The lowest BCUT2D eigenvalue weighted by molar-refractivity contribution is -0.139. The normalized spacial score (nSPS) is 10.8. The molecule has 1 N–H and O–H groups in total. The summed E-state index contributed by atoms with van der Waals surface area (Å²) in [6, 6.07) is 18.0. The number of carbonyl (C=O) groups excluding carboxylic acids is 1. The zero-order valence-electron chi connectivity index (χ0n) is 16.7. The van der Waals surface area contributed by atoms with Gasteiger partial charge in [0, 0.05) is 18.3 Å². The van der Waals surface area contributed by atoms with E-state index in [1.807, 2.05) is 47.2 Å². The Bertz CT molecular complexity index is 1030. The largest absolute Gasteiger partial charge is 0.497 e. The van der Waals surface area contributed by atoms with Crippen LogP contribution in [-0.2, 0) is 11.3 Å². The number of carboxylic acids is 1. The maximum absolute atomic E-state index is 12.8. The quantitative estimate of drug-likeness (QED) is 0.509. The number of ketones is 1. The van der Waals surface area contributed by atoms with Crippen LogP contribution >= 0.6 is 0 Å². The van der Waals surface area contributed by atoms with Gasteiger partial charge in [-0.2, -0.15) is 0 Å². The van der Waals surface area contributed by atoms with Crippen molar-refractivity contribution in [2.24, 2.45) is 0 Å². The van der Waals surface area contributed by atoms with E-state index < -0.39 is 5.97 Å². The summed E-state index contributed by atoms with van der Waals surface area (Å²) in [5.41, 5.74) is 2.17. The lowest BCUT2D eigenvalue weighted by Gasteiger charge is -2.08. The Morgan fingerprint density at radius 3 is 2.57 bits per heavy atom. The molecule has 0 spiro atoms. The van der Waals surface area contributed by atoms with Crippen LogP contribution in [0.2, 0.25) is 0 Å². The van der Waals surface area contributed by atoms with Crippen molar-refractivity contribution in [1.82, 2.24) is 4.57 Å². The van der Waals surface area contributed by atoms with Gasteiger partial charge in [-0.15, -0.1) is 0 Å². The zero-order chi connectivity index (χ0) is 21.3. The molecular formula is C24H23NO5. The van der Waals surface area contributed by atoms with E-state index in [4.69, 9.17) is 14.6 Å². The summed E-state index contributed by atoms with van der Waals surface area (Å²) in [6.45, 7) is 0.293. The van der Waals surface area contributed by atoms with E-state index in [0.717, 1.165) is 12.0 Å². The molecule has 0 saturated heterocycles. The van der Waals surface area contributed by atoms with Crippen LogP contribution in [0, 0.1) is 0 Å². The minimum absolute atomic E-state index is 0.0325. The summed E-state index contributed by atoms with van der Waals surface area (Å²) in [5.74, 6) is 0.180. The first-order chi connectivity index (χ1) is 14.6. The number of hydrogen-bond donors (Lipinski definition) is 1. The van der Waals surface area contributed by atoms with Crippen molar-refractivity contribution in [3.05, 3.63) is 89.8 Å². The molecular weight excluding hydrogens is 382 g/mol. The van der Waals surface area contributed by atoms with Crippen molar-refractivity contribution in [2.45, 2.75) is 13.0 Å². The topological polar surface area (TPSA) is 77.8 Å². The lowest BCUT2D eigenvalue weighted by Crippen LogP contribution is -2.09. The molecule has 6 nitrogen and oxygen atoms in total. The Morgan fingerprint density at radius 2 is 1.83 bits per heavy atom. The summed E-state index contributed by atoms with van der Waals surface area (Å²) in [5, 5.41) is 8.69. The summed E-state index contributed by atoms with van der Waals surface area (Å²) < 4.78 is 12.3. The molecule has 30 heavy (non-hydrogen) atoms. The number of aromatic nitrogens is 1. The summed E-state index contributed by atoms with van der Waals surface area (Å²) >= 11 is 0. The second-order valence-corrected chi connectivity index (χ2v) is 6.59. The Morgan fingerprint density at radius 1 is 1.03 bits per heavy atom. The average molecular weight is 405 g/mol. The number of methoxy groups -OCH3 is 1. The molecule has 0 amide bonds. The number of carbonyl (C=O) groups is 2. The highest BCUT2D eigenvalue weighted by atomic mass is 16.5. The van der Waals surface area contributed by atoms with Gasteiger partial charge in [-0.3, -0.25) is 4.79 Å². The number of carboxylic acid groups (broad SMARTS) is 1. The van der Waals surface area contributed by atoms with E-state index in [0.29, 0.717) is 29.3 Å². The van der Waals surface area contributed by atoms with Crippen molar-refractivity contribution in [3.8, 4) is 11.5 Å². The van der Waals surface area contributed by atoms with Crippen LogP contribution in [0.1, 0.15) is 28.0 Å². The minimum Gasteiger partial charge on any atom is -0.497 e. The molecule has 0 fully saturated rings. The standard InChI is InChI=1S/C24H23NO5/c1-29-20-12-10-19(11-13-20)24(28)22-9-5-15-25(22)14-3-2-6-18-7-4-8-21(16-18)30-17-23(26)27/h2,4-13,15-16H,3,14,17H2,1H3,(H,26,27)/b6-2+. The van der Waals surface area contributed by atoms with Crippen LogP contribution in [0.3, 0.4) is 0 Å². The fourth-order valence-corrected chi connectivity index (χ4v) is 2.99. The summed E-state index contributed by atoms with van der Waals surface area (Å²) in [4.78, 5) is 23.4. The predicted molar refractivity (Wildman–Crippen MR) is 114 cm³/mol. The van der Waals surface area contributed by atoms with Crippen molar-refractivity contribution < 1.29 is 24.2 Å². The van der Waals surface area contributed by atoms with Gasteiger partial charge in [0.25, 0.3) is 0 Å². The third-order valence-corrected chi connectivity index (χ3v) is 4.48. The highest BCUT2D eigenvalue weighted by molar-refractivity contribution is 6.08. The second kappa shape index (κ2) is 10.1. The molecule has 154 valence electrons. The smallest absolute Gasteiger partial charge is 0.341 e. The van der Waals surface area contributed by atoms with E-state index in [1.54, 1.807) is 43.5 Å². The molecule has 0 unspecified atom stereocenters. The maximum atomic E-state index is 12.8. The van der Waals surface area contributed by atoms with E-state index >= 15 is 0 Å². The van der Waals surface area contributed by atoms with Crippen LogP contribution in [0.4, 0.5) is 0 Å². The average Bonchev–Trinajstić information content (AvgIpc) is 3.23. The van der Waals surface area contributed by atoms with Crippen LogP contribution in [0.5, 0.6) is 11.5 Å². The Kier molecular flexibility index (Phi) is 7.05. The van der Waals surface area contributed by atoms with Gasteiger partial charge in [-0.25, -0.2) is 4.79 Å². The monoisotopic (exact) mass is 405 g/mol. The first kappa shape index (κ1) is 20.9. The fraction of sp³-hybridized carbons (Fsp3) is 0.167. The molecule has 1 heterocycles. The molecule has 0 aliphatic carbocycles. The molecule has 6 heteroatoms. The molecule has 3 aromatic rings. The summed E-state index contributed by atoms with van der Waals surface area (Å²) in [6.07, 6.45) is 6.59. The van der Waals surface area contributed by atoms with E-state index in [9.17, 15) is 9.59 Å². The van der Waals surface area contributed by atoms with Gasteiger partial charge in [-0.1, -0.05) is 24.3 Å². The van der Waals surface area contributed by atoms with Gasteiger partial charge >= 0.3 is 5.97 Å². The first-order valence-electron chi connectivity index (χ1n) is 9.52. The second-order valence-electron chi connectivity index (χ2n) is 6.59. The number of ether oxygens (including phenoxy) is 2. The minimum atomic E-state index is -1.01. The van der Waals surface area contributed by atoms with Crippen LogP contribution in [-0.4, -0.2) is 35.1 Å². The highest BCUT2D eigenvalue weighted by Crippen LogP contribution is 2.17. The Balaban J connectivity index is 1.59. The van der Waals surface area contributed by atoms with Crippen LogP contribution in [0.15, 0.2) is 72.9 Å². The predicted octanol–water partition coefficient (Wildman–Crippen LogP) is 4.29. The van der Waals surface area contributed by atoms with Crippen LogP contribution in [0.25, 0.3) is 6.08 Å². The van der Waals surface area contributed by atoms with E-state index in [2.05, 4.69) is 0 Å². The van der Waals surface area contributed by atoms with Crippen molar-refractivity contribution in [1.29, 1.82) is 0 Å².